The number of hydrogen-bond donors (Lipinski definition) is 2. The Hall–Kier alpha value is -2.80. The van der Waals surface area contributed by atoms with Gasteiger partial charge in [-0.2, -0.15) is 18.3 Å². The van der Waals surface area contributed by atoms with Crippen molar-refractivity contribution in [1.82, 2.24) is 9.78 Å². The van der Waals surface area contributed by atoms with Crippen molar-refractivity contribution in [2.75, 3.05) is 17.2 Å². The molecule has 8 nitrogen and oxygen atoms in total. The Bertz CT molecular complexity index is 1300. The number of halogens is 4. The summed E-state index contributed by atoms with van der Waals surface area (Å²) in [5.74, 6) is -0.898. The van der Waals surface area contributed by atoms with Crippen molar-refractivity contribution in [3.8, 4) is 0 Å². The third-order valence-electron chi connectivity index (χ3n) is 6.28. The minimum absolute atomic E-state index is 0.0196. The van der Waals surface area contributed by atoms with Gasteiger partial charge in [0.25, 0.3) is 5.91 Å². The molecule has 0 aromatic carbocycles. The molecule has 0 radical (unpaired) electrons. The second kappa shape index (κ2) is 9.58. The van der Waals surface area contributed by atoms with Gasteiger partial charge in [-0.15, -0.1) is 11.3 Å². The monoisotopic (exact) mass is 586 g/mol. The molecular weight excluding hydrogens is 565 g/mol. The van der Waals surface area contributed by atoms with Crippen LogP contribution in [0.15, 0.2) is 27.3 Å². The Kier molecular flexibility index (Phi) is 6.62. The molecule has 1 amide bonds. The van der Waals surface area contributed by atoms with Crippen molar-refractivity contribution in [3.63, 3.8) is 0 Å². The van der Waals surface area contributed by atoms with Crippen LogP contribution in [0.25, 0.3) is 0 Å². The Labute approximate surface area is 216 Å². The minimum Gasteiger partial charge on any atom is -0.467 e. The van der Waals surface area contributed by atoms with E-state index in [0.29, 0.717) is 22.7 Å². The van der Waals surface area contributed by atoms with Crippen molar-refractivity contribution in [2.24, 2.45) is 0 Å². The number of thiophene rings is 1. The molecule has 4 heterocycles. The first-order valence-electron chi connectivity index (χ1n) is 11.5. The highest BCUT2D eigenvalue weighted by molar-refractivity contribution is 9.10. The maximum Gasteiger partial charge on any atom is 0.410 e. The van der Waals surface area contributed by atoms with Gasteiger partial charge in [0.15, 0.2) is 11.7 Å². The third kappa shape index (κ3) is 4.42. The van der Waals surface area contributed by atoms with Crippen LogP contribution in [0.5, 0.6) is 0 Å². The van der Waals surface area contributed by atoms with E-state index in [9.17, 15) is 22.8 Å². The number of esters is 1. The molecule has 36 heavy (non-hydrogen) atoms. The number of rotatable bonds is 5. The lowest BCUT2D eigenvalue weighted by molar-refractivity contribution is -0.174. The van der Waals surface area contributed by atoms with Crippen LogP contribution in [0, 0.1) is 0 Å². The first-order valence-corrected chi connectivity index (χ1v) is 13.1. The van der Waals surface area contributed by atoms with Gasteiger partial charge in [0.1, 0.15) is 16.6 Å². The van der Waals surface area contributed by atoms with Gasteiger partial charge in [-0.25, -0.2) is 9.48 Å². The van der Waals surface area contributed by atoms with Gasteiger partial charge >= 0.3 is 12.1 Å². The van der Waals surface area contributed by atoms with E-state index < -0.39 is 30.1 Å². The number of alkyl halides is 3. The maximum absolute atomic E-state index is 14.0. The van der Waals surface area contributed by atoms with Gasteiger partial charge < -0.3 is 19.8 Å². The molecule has 0 spiro atoms. The van der Waals surface area contributed by atoms with E-state index in [1.807, 2.05) is 0 Å². The zero-order valence-electron chi connectivity index (χ0n) is 19.1. The summed E-state index contributed by atoms with van der Waals surface area (Å²) in [7, 11) is 0. The fourth-order valence-corrected chi connectivity index (χ4v) is 6.47. The molecule has 2 aliphatic rings. The van der Waals surface area contributed by atoms with E-state index in [4.69, 9.17) is 9.15 Å². The normalized spacial score (nSPS) is 19.2. The Balaban J connectivity index is 1.50. The number of anilines is 2. The van der Waals surface area contributed by atoms with E-state index in [-0.39, 0.29) is 29.0 Å². The van der Waals surface area contributed by atoms with E-state index in [1.54, 1.807) is 19.1 Å². The first kappa shape index (κ1) is 24.9. The second-order valence-electron chi connectivity index (χ2n) is 8.55. The predicted octanol–water partition coefficient (Wildman–Crippen LogP) is 6.27. The van der Waals surface area contributed by atoms with E-state index in [2.05, 4.69) is 31.7 Å². The van der Waals surface area contributed by atoms with Gasteiger partial charge in [0.05, 0.1) is 28.9 Å². The van der Waals surface area contributed by atoms with E-state index in [0.717, 1.165) is 34.4 Å². The van der Waals surface area contributed by atoms with Crippen molar-refractivity contribution >= 4 is 50.0 Å². The molecule has 0 saturated heterocycles. The molecule has 0 saturated carbocycles. The third-order valence-corrected chi connectivity index (χ3v) is 8.23. The smallest absolute Gasteiger partial charge is 0.410 e. The number of nitrogens with zero attached hydrogens (tertiary/aromatic N) is 2. The van der Waals surface area contributed by atoms with E-state index in [1.165, 1.54) is 17.6 Å². The van der Waals surface area contributed by atoms with Gasteiger partial charge in [0, 0.05) is 11.3 Å². The molecular formula is C23H22BrF3N4O4S. The molecule has 192 valence electrons. The van der Waals surface area contributed by atoms with E-state index >= 15 is 0 Å². The number of fused-ring (bicyclic) bond motifs is 2. The number of aryl methyl sites for hydroxylation is 1. The molecule has 3 aromatic rings. The molecule has 1 aliphatic heterocycles. The number of ether oxygens (including phenoxy) is 1. The van der Waals surface area contributed by atoms with Crippen molar-refractivity contribution in [3.05, 3.63) is 50.3 Å². The molecule has 2 N–H and O–H groups in total. The van der Waals surface area contributed by atoms with Crippen molar-refractivity contribution in [2.45, 2.75) is 57.3 Å². The summed E-state index contributed by atoms with van der Waals surface area (Å²) >= 11 is 4.57. The second-order valence-corrected chi connectivity index (χ2v) is 10.4. The minimum atomic E-state index is -4.61. The average molecular weight is 587 g/mol. The zero-order chi connectivity index (χ0) is 25.6. The summed E-state index contributed by atoms with van der Waals surface area (Å²) < 4.78 is 53.4. The van der Waals surface area contributed by atoms with Crippen LogP contribution in [0.2, 0.25) is 0 Å². The molecule has 13 heteroatoms. The van der Waals surface area contributed by atoms with Crippen LogP contribution >= 0.6 is 27.3 Å². The number of furan rings is 1. The molecule has 1 aliphatic carbocycles. The van der Waals surface area contributed by atoms with Gasteiger partial charge in [-0.1, -0.05) is 0 Å². The molecule has 0 unspecified atom stereocenters. The number of amides is 1. The van der Waals surface area contributed by atoms with Crippen LogP contribution in [0.1, 0.15) is 75.3 Å². The Morgan fingerprint density at radius 1 is 1.36 bits per heavy atom. The van der Waals surface area contributed by atoms with Gasteiger partial charge in [-0.3, -0.25) is 4.79 Å². The summed E-state index contributed by atoms with van der Waals surface area (Å²) in [6.07, 6.45) is -0.191. The summed E-state index contributed by atoms with van der Waals surface area (Å²) in [6.45, 7) is 1.87. The number of nitrogens with one attached hydrogen (secondary N) is 2. The van der Waals surface area contributed by atoms with Crippen LogP contribution in [-0.4, -0.2) is 34.4 Å². The first-order chi connectivity index (χ1) is 17.2. The number of hydrogen-bond acceptors (Lipinski definition) is 7. The highest BCUT2D eigenvalue weighted by Crippen LogP contribution is 2.46. The lowest BCUT2D eigenvalue weighted by Crippen LogP contribution is -2.35. The summed E-state index contributed by atoms with van der Waals surface area (Å²) in [5, 5.41) is 10.1. The number of aromatic nitrogens is 2. The van der Waals surface area contributed by atoms with Crippen molar-refractivity contribution < 1.29 is 31.9 Å². The summed E-state index contributed by atoms with van der Waals surface area (Å²) in [4.78, 5) is 27.0. The molecule has 5 rings (SSSR count). The largest absolute Gasteiger partial charge is 0.467 e. The fraction of sp³-hybridized carbons (Fsp3) is 0.435. The van der Waals surface area contributed by atoms with Crippen LogP contribution in [-0.2, 0) is 17.6 Å². The molecule has 0 fully saturated rings. The number of carbonyl (C=O) groups is 2. The molecule has 2 atom stereocenters. The quantitative estimate of drug-likeness (QED) is 0.342. The Morgan fingerprint density at radius 2 is 2.14 bits per heavy atom. The van der Waals surface area contributed by atoms with Gasteiger partial charge in [-0.05, 0) is 66.2 Å². The predicted molar refractivity (Wildman–Crippen MR) is 130 cm³/mol. The molecule has 0 bridgehead atoms. The summed E-state index contributed by atoms with van der Waals surface area (Å²) in [5.41, 5.74) is 0.950. The van der Waals surface area contributed by atoms with Crippen molar-refractivity contribution in [1.29, 1.82) is 0 Å². The van der Waals surface area contributed by atoms with Crippen LogP contribution in [0.4, 0.5) is 24.0 Å². The standard InChI is InChI=1S/C23H22BrF3N4O4S/c1-2-34-22(33)16-11-6-3-4-8-14(11)36-21(16)29-20(32)18-17(24)19-28-12(13-7-5-9-35-13)10-15(23(25,26)27)31(19)30-18/h5,7,9,12,15,28H,2-4,6,8,10H2,1H3,(H,29,32)/t12-,15-/m1/s1. The number of carbonyl (C=O) groups excluding carboxylic acids is 2. The Morgan fingerprint density at radius 3 is 2.83 bits per heavy atom. The highest BCUT2D eigenvalue weighted by atomic mass is 79.9. The average Bonchev–Trinajstić information content (AvgIpc) is 3.55. The fourth-order valence-electron chi connectivity index (χ4n) is 4.65. The van der Waals surface area contributed by atoms with Gasteiger partial charge in [0.2, 0.25) is 0 Å². The highest BCUT2D eigenvalue weighted by Gasteiger charge is 2.48. The lowest BCUT2D eigenvalue weighted by Gasteiger charge is -2.32. The van der Waals surface area contributed by atoms with Crippen LogP contribution in [0.3, 0.4) is 0 Å². The SMILES string of the molecule is CCOC(=O)c1c(NC(=O)c2nn3c(c2Br)N[C@@H](c2ccco2)C[C@@H]3C(F)(F)F)sc2c1CCCC2. The van der Waals surface area contributed by atoms with Crippen LogP contribution < -0.4 is 10.6 Å². The molecule has 3 aromatic heterocycles. The summed E-state index contributed by atoms with van der Waals surface area (Å²) in [6, 6.07) is 0.461. The maximum atomic E-state index is 14.0. The topological polar surface area (TPSA) is 98.4 Å². The zero-order valence-corrected chi connectivity index (χ0v) is 21.5. The lowest BCUT2D eigenvalue weighted by atomic mass is 9.95.